The lowest BCUT2D eigenvalue weighted by Crippen LogP contribution is -2.34. The Morgan fingerprint density at radius 2 is 2.18 bits per heavy atom. The summed E-state index contributed by atoms with van der Waals surface area (Å²) in [6.45, 7) is 1.11. The third kappa shape index (κ3) is 1.51. The van der Waals surface area contributed by atoms with Crippen LogP contribution in [0.1, 0.15) is 37.1 Å². The van der Waals surface area contributed by atoms with E-state index in [2.05, 4.69) is 30.1 Å². The molecule has 2 aliphatic rings. The Morgan fingerprint density at radius 3 is 2.82 bits per heavy atom. The molecule has 3 rings (SSSR count). The molecule has 1 aromatic heterocycles. The smallest absolute Gasteiger partial charge is 0.0993 e. The van der Waals surface area contributed by atoms with E-state index >= 15 is 0 Å². The van der Waals surface area contributed by atoms with Gasteiger partial charge in [-0.2, -0.15) is 5.26 Å². The van der Waals surface area contributed by atoms with Gasteiger partial charge in [0.25, 0.3) is 0 Å². The number of hydrogen-bond acceptors (Lipinski definition) is 3. The highest BCUT2D eigenvalue weighted by molar-refractivity contribution is 5.53. The summed E-state index contributed by atoms with van der Waals surface area (Å²) in [5.41, 5.74) is 3.15. The average molecular weight is 227 g/mol. The summed E-state index contributed by atoms with van der Waals surface area (Å²) in [4.78, 5) is 7.02. The van der Waals surface area contributed by atoms with E-state index in [-0.39, 0.29) is 5.41 Å². The molecular formula is C14H17N3. The Bertz CT molecular complexity index is 483. The van der Waals surface area contributed by atoms with Crippen molar-refractivity contribution in [2.75, 3.05) is 18.5 Å². The topological polar surface area (TPSA) is 39.9 Å². The predicted octanol–water partition coefficient (Wildman–Crippen LogP) is 2.41. The van der Waals surface area contributed by atoms with Crippen LogP contribution < -0.4 is 4.90 Å². The van der Waals surface area contributed by atoms with Crippen LogP contribution in [0.25, 0.3) is 0 Å². The molecule has 3 heteroatoms. The molecule has 0 atom stereocenters. The Balaban J connectivity index is 2.01. The molecule has 1 aliphatic carbocycles. The van der Waals surface area contributed by atoms with Crippen LogP contribution in [0, 0.1) is 11.3 Å². The van der Waals surface area contributed by atoms with Gasteiger partial charge in [0.1, 0.15) is 0 Å². The SMILES string of the molecule is CN1CCCc2nc(C3(C#N)CCC3)ccc21. The van der Waals surface area contributed by atoms with Gasteiger partial charge in [-0.1, -0.05) is 0 Å². The minimum Gasteiger partial charge on any atom is -0.373 e. The molecule has 17 heavy (non-hydrogen) atoms. The lowest BCUT2D eigenvalue weighted by atomic mass is 9.67. The first-order chi connectivity index (χ1) is 8.25. The Hall–Kier alpha value is -1.56. The molecule has 0 saturated heterocycles. The summed E-state index contributed by atoms with van der Waals surface area (Å²) < 4.78 is 0. The number of nitriles is 1. The molecule has 1 aromatic rings. The van der Waals surface area contributed by atoms with Crippen molar-refractivity contribution >= 4 is 5.69 Å². The highest BCUT2D eigenvalue weighted by Gasteiger charge is 2.40. The van der Waals surface area contributed by atoms with Crippen molar-refractivity contribution in [1.82, 2.24) is 4.98 Å². The van der Waals surface area contributed by atoms with Crippen LogP contribution >= 0.6 is 0 Å². The molecule has 1 fully saturated rings. The lowest BCUT2D eigenvalue weighted by molar-refractivity contribution is 0.315. The van der Waals surface area contributed by atoms with Gasteiger partial charge >= 0.3 is 0 Å². The van der Waals surface area contributed by atoms with Crippen LogP contribution in [0.3, 0.4) is 0 Å². The van der Waals surface area contributed by atoms with Gasteiger partial charge in [-0.3, -0.25) is 4.98 Å². The van der Waals surface area contributed by atoms with Gasteiger partial charge in [0, 0.05) is 13.6 Å². The van der Waals surface area contributed by atoms with E-state index in [0.717, 1.165) is 37.9 Å². The highest BCUT2D eigenvalue weighted by Crippen LogP contribution is 2.43. The van der Waals surface area contributed by atoms with Crippen molar-refractivity contribution in [3.8, 4) is 6.07 Å². The summed E-state index contributed by atoms with van der Waals surface area (Å²) in [7, 11) is 2.11. The van der Waals surface area contributed by atoms with E-state index in [1.54, 1.807) is 0 Å². The molecule has 0 bridgehead atoms. The van der Waals surface area contributed by atoms with Gasteiger partial charge in [0.2, 0.25) is 0 Å². The minimum atomic E-state index is -0.273. The largest absolute Gasteiger partial charge is 0.373 e. The van der Waals surface area contributed by atoms with Gasteiger partial charge in [0.15, 0.2) is 0 Å². The van der Waals surface area contributed by atoms with Crippen LogP contribution in [-0.2, 0) is 11.8 Å². The van der Waals surface area contributed by atoms with Crippen molar-refractivity contribution in [3.63, 3.8) is 0 Å². The fourth-order valence-electron chi connectivity index (χ4n) is 2.85. The molecule has 0 spiro atoms. The number of aryl methyl sites for hydroxylation is 1. The number of rotatable bonds is 1. The quantitative estimate of drug-likeness (QED) is 0.739. The summed E-state index contributed by atoms with van der Waals surface area (Å²) in [5.74, 6) is 0. The standard InChI is InChI=1S/C14H17N3/c1-17-9-2-4-11-12(17)5-6-13(16-11)14(10-15)7-3-8-14/h5-6H,2-4,7-9H2,1H3. The van der Waals surface area contributed by atoms with Crippen LogP contribution in [0.2, 0.25) is 0 Å². The summed E-state index contributed by atoms with van der Waals surface area (Å²) >= 11 is 0. The maximum Gasteiger partial charge on any atom is 0.0993 e. The van der Waals surface area contributed by atoms with Crippen LogP contribution in [0.4, 0.5) is 5.69 Å². The third-order valence-corrected chi connectivity index (χ3v) is 4.18. The molecule has 0 amide bonds. The Kier molecular flexibility index (Phi) is 2.32. The number of fused-ring (bicyclic) bond motifs is 1. The van der Waals surface area contributed by atoms with Crippen molar-refractivity contribution in [2.45, 2.75) is 37.5 Å². The van der Waals surface area contributed by atoms with E-state index in [4.69, 9.17) is 4.98 Å². The fourth-order valence-corrected chi connectivity index (χ4v) is 2.85. The van der Waals surface area contributed by atoms with Crippen LogP contribution in [0.15, 0.2) is 12.1 Å². The fraction of sp³-hybridized carbons (Fsp3) is 0.571. The summed E-state index contributed by atoms with van der Waals surface area (Å²) in [5, 5.41) is 9.35. The zero-order valence-electron chi connectivity index (χ0n) is 10.2. The molecule has 0 unspecified atom stereocenters. The number of anilines is 1. The molecule has 0 aromatic carbocycles. The Morgan fingerprint density at radius 1 is 1.35 bits per heavy atom. The molecule has 0 radical (unpaired) electrons. The Labute approximate surface area is 102 Å². The normalized spacial score (nSPS) is 21.3. The van der Waals surface area contributed by atoms with Crippen molar-refractivity contribution in [3.05, 3.63) is 23.5 Å². The van der Waals surface area contributed by atoms with Gasteiger partial charge in [-0.25, -0.2) is 0 Å². The first-order valence-electron chi connectivity index (χ1n) is 6.38. The molecule has 1 aliphatic heterocycles. The van der Waals surface area contributed by atoms with E-state index in [1.165, 1.54) is 17.8 Å². The van der Waals surface area contributed by atoms with Crippen LogP contribution in [0.5, 0.6) is 0 Å². The lowest BCUT2D eigenvalue weighted by Gasteiger charge is -2.36. The van der Waals surface area contributed by atoms with Crippen molar-refractivity contribution in [1.29, 1.82) is 5.26 Å². The molecule has 2 heterocycles. The second-order valence-corrected chi connectivity index (χ2v) is 5.23. The average Bonchev–Trinajstić information content (AvgIpc) is 2.28. The maximum absolute atomic E-state index is 9.35. The zero-order chi connectivity index (χ0) is 11.9. The molecule has 0 N–H and O–H groups in total. The maximum atomic E-state index is 9.35. The molecule has 3 nitrogen and oxygen atoms in total. The first-order valence-corrected chi connectivity index (χ1v) is 6.38. The van der Waals surface area contributed by atoms with Gasteiger partial charge < -0.3 is 4.90 Å². The second kappa shape index (κ2) is 3.73. The number of hydrogen-bond donors (Lipinski definition) is 0. The minimum absolute atomic E-state index is 0.273. The number of aromatic nitrogens is 1. The summed E-state index contributed by atoms with van der Waals surface area (Å²) in [6.07, 6.45) is 5.33. The zero-order valence-corrected chi connectivity index (χ0v) is 10.2. The first kappa shape index (κ1) is 10.6. The molecule has 88 valence electrons. The van der Waals surface area contributed by atoms with E-state index < -0.39 is 0 Å². The van der Waals surface area contributed by atoms with E-state index in [1.807, 2.05) is 0 Å². The van der Waals surface area contributed by atoms with E-state index in [0.29, 0.717) is 0 Å². The van der Waals surface area contributed by atoms with Crippen molar-refractivity contribution < 1.29 is 0 Å². The number of nitrogens with zero attached hydrogens (tertiary/aromatic N) is 3. The van der Waals surface area contributed by atoms with Gasteiger partial charge in [0.05, 0.1) is 28.6 Å². The van der Waals surface area contributed by atoms with Gasteiger partial charge in [-0.15, -0.1) is 0 Å². The predicted molar refractivity (Wildman–Crippen MR) is 67.0 cm³/mol. The van der Waals surface area contributed by atoms with E-state index in [9.17, 15) is 5.26 Å². The monoisotopic (exact) mass is 227 g/mol. The van der Waals surface area contributed by atoms with Crippen LogP contribution in [-0.4, -0.2) is 18.6 Å². The highest BCUT2D eigenvalue weighted by atomic mass is 15.1. The second-order valence-electron chi connectivity index (χ2n) is 5.23. The molecular weight excluding hydrogens is 210 g/mol. The number of pyridine rings is 1. The van der Waals surface area contributed by atoms with Gasteiger partial charge in [-0.05, 0) is 44.2 Å². The third-order valence-electron chi connectivity index (χ3n) is 4.18. The molecule has 1 saturated carbocycles. The summed E-state index contributed by atoms with van der Waals surface area (Å²) in [6, 6.07) is 6.68. The van der Waals surface area contributed by atoms with Crippen molar-refractivity contribution in [2.24, 2.45) is 0 Å².